The predicted molar refractivity (Wildman–Crippen MR) is 67.8 cm³/mol. The lowest BCUT2D eigenvalue weighted by Crippen LogP contribution is -2.08. The normalized spacial score (nSPS) is 10.1. The third-order valence-corrected chi connectivity index (χ3v) is 2.35. The molecule has 2 rings (SSSR count). The first-order chi connectivity index (χ1) is 9.08. The van der Waals surface area contributed by atoms with Crippen LogP contribution in [0.4, 0.5) is 16.0 Å². The molecule has 5 nitrogen and oxygen atoms in total. The number of benzene rings is 1. The van der Waals surface area contributed by atoms with Crippen LogP contribution in [-0.2, 0) is 4.74 Å². The van der Waals surface area contributed by atoms with E-state index in [0.29, 0.717) is 11.4 Å². The van der Waals surface area contributed by atoms with Crippen molar-refractivity contribution in [3.05, 3.63) is 47.5 Å². The number of hydrogen-bond donors (Lipinski definition) is 1. The van der Waals surface area contributed by atoms with Crippen molar-refractivity contribution >= 4 is 17.6 Å². The number of carbonyl (C=O) groups is 1. The van der Waals surface area contributed by atoms with Gasteiger partial charge in [0.2, 0.25) is 5.95 Å². The molecule has 0 unspecified atom stereocenters. The molecule has 0 aliphatic rings. The Morgan fingerprint density at radius 2 is 1.95 bits per heavy atom. The van der Waals surface area contributed by atoms with Gasteiger partial charge in [-0.3, -0.25) is 0 Å². The van der Waals surface area contributed by atoms with E-state index in [4.69, 9.17) is 0 Å². The van der Waals surface area contributed by atoms with Gasteiger partial charge in [0.15, 0.2) is 5.69 Å². The number of hydrogen-bond acceptors (Lipinski definition) is 5. The summed E-state index contributed by atoms with van der Waals surface area (Å²) in [6, 6.07) is 7.28. The number of carbonyl (C=O) groups excluding carboxylic acids is 1. The fourth-order valence-corrected chi connectivity index (χ4v) is 1.50. The first kappa shape index (κ1) is 12.9. The summed E-state index contributed by atoms with van der Waals surface area (Å²) < 4.78 is 17.4. The van der Waals surface area contributed by atoms with Crippen LogP contribution in [0, 0.1) is 12.7 Å². The van der Waals surface area contributed by atoms with E-state index in [2.05, 4.69) is 20.0 Å². The van der Waals surface area contributed by atoms with Gasteiger partial charge in [0.1, 0.15) is 5.82 Å². The summed E-state index contributed by atoms with van der Waals surface area (Å²) in [6.45, 7) is 1.74. The lowest BCUT2D eigenvalue weighted by atomic mass is 10.3. The maximum Gasteiger partial charge on any atom is 0.356 e. The number of nitrogens with zero attached hydrogens (tertiary/aromatic N) is 2. The molecule has 0 radical (unpaired) electrons. The van der Waals surface area contributed by atoms with Crippen LogP contribution in [0.3, 0.4) is 0 Å². The molecule has 1 heterocycles. The molecular formula is C13H12FN3O2. The third kappa shape index (κ3) is 3.25. The number of halogens is 1. The van der Waals surface area contributed by atoms with Crippen LogP contribution in [-0.4, -0.2) is 23.0 Å². The van der Waals surface area contributed by atoms with Gasteiger partial charge < -0.3 is 10.1 Å². The highest BCUT2D eigenvalue weighted by atomic mass is 19.1. The molecule has 0 fully saturated rings. The number of ether oxygens (including phenoxy) is 1. The molecule has 0 saturated heterocycles. The minimum atomic E-state index is -0.535. The quantitative estimate of drug-likeness (QED) is 0.860. The molecule has 0 spiro atoms. The van der Waals surface area contributed by atoms with Crippen molar-refractivity contribution in [2.45, 2.75) is 6.92 Å². The minimum Gasteiger partial charge on any atom is -0.464 e. The summed E-state index contributed by atoms with van der Waals surface area (Å²) in [6.07, 6.45) is 0. The van der Waals surface area contributed by atoms with Gasteiger partial charge in [0.05, 0.1) is 7.11 Å². The number of aromatic nitrogens is 2. The van der Waals surface area contributed by atoms with E-state index < -0.39 is 5.97 Å². The second-order valence-electron chi connectivity index (χ2n) is 3.84. The molecule has 1 aromatic heterocycles. The average molecular weight is 261 g/mol. The highest BCUT2D eigenvalue weighted by Crippen LogP contribution is 2.14. The van der Waals surface area contributed by atoms with Gasteiger partial charge in [-0.15, -0.1) is 0 Å². The molecule has 0 bridgehead atoms. The summed E-state index contributed by atoms with van der Waals surface area (Å²) in [5.41, 5.74) is 1.42. The summed E-state index contributed by atoms with van der Waals surface area (Å²) >= 11 is 0. The number of rotatable bonds is 3. The van der Waals surface area contributed by atoms with Crippen LogP contribution in [0.2, 0.25) is 0 Å². The second kappa shape index (κ2) is 5.43. The molecule has 2 aromatic rings. The zero-order valence-corrected chi connectivity index (χ0v) is 10.5. The monoisotopic (exact) mass is 261 g/mol. The number of nitrogens with one attached hydrogen (secondary N) is 1. The smallest absolute Gasteiger partial charge is 0.356 e. The Morgan fingerprint density at radius 1 is 1.26 bits per heavy atom. The minimum absolute atomic E-state index is 0.166. The van der Waals surface area contributed by atoms with Crippen molar-refractivity contribution in [2.24, 2.45) is 0 Å². The van der Waals surface area contributed by atoms with Gasteiger partial charge in [-0.1, -0.05) is 0 Å². The van der Waals surface area contributed by atoms with Crippen molar-refractivity contribution in [1.29, 1.82) is 0 Å². The van der Waals surface area contributed by atoms with Crippen LogP contribution >= 0.6 is 0 Å². The SMILES string of the molecule is COC(=O)c1cc(C)nc(Nc2ccc(F)cc2)n1. The Labute approximate surface area is 109 Å². The topological polar surface area (TPSA) is 64.1 Å². The molecule has 0 aliphatic carbocycles. The molecule has 1 aromatic carbocycles. The summed E-state index contributed by atoms with van der Waals surface area (Å²) in [7, 11) is 1.28. The standard InChI is InChI=1S/C13H12FN3O2/c1-8-7-11(12(18)19-2)17-13(15-8)16-10-5-3-9(14)4-6-10/h3-7H,1-2H3,(H,15,16,17). The Balaban J connectivity index is 2.27. The summed E-state index contributed by atoms with van der Waals surface area (Å²) in [4.78, 5) is 19.6. The Hall–Kier alpha value is -2.50. The van der Waals surface area contributed by atoms with Crippen LogP contribution in [0.25, 0.3) is 0 Å². The summed E-state index contributed by atoms with van der Waals surface area (Å²) in [5, 5.41) is 2.89. The first-order valence-electron chi connectivity index (χ1n) is 5.55. The van der Waals surface area contributed by atoms with E-state index in [1.54, 1.807) is 19.1 Å². The predicted octanol–water partition coefficient (Wildman–Crippen LogP) is 2.45. The van der Waals surface area contributed by atoms with Gasteiger partial charge in [-0.05, 0) is 37.3 Å². The van der Waals surface area contributed by atoms with E-state index >= 15 is 0 Å². The van der Waals surface area contributed by atoms with Crippen molar-refractivity contribution in [3.8, 4) is 0 Å². The van der Waals surface area contributed by atoms with E-state index in [-0.39, 0.29) is 17.5 Å². The maximum atomic E-state index is 12.8. The van der Waals surface area contributed by atoms with Crippen molar-refractivity contribution in [2.75, 3.05) is 12.4 Å². The van der Waals surface area contributed by atoms with Crippen molar-refractivity contribution in [1.82, 2.24) is 9.97 Å². The zero-order chi connectivity index (χ0) is 13.8. The summed E-state index contributed by atoms with van der Waals surface area (Å²) in [5.74, 6) is -0.606. The van der Waals surface area contributed by atoms with Crippen LogP contribution in [0.15, 0.2) is 30.3 Å². The zero-order valence-electron chi connectivity index (χ0n) is 10.5. The number of methoxy groups -OCH3 is 1. The van der Waals surface area contributed by atoms with E-state index in [1.807, 2.05) is 0 Å². The van der Waals surface area contributed by atoms with Crippen molar-refractivity contribution < 1.29 is 13.9 Å². The van der Waals surface area contributed by atoms with Crippen molar-refractivity contribution in [3.63, 3.8) is 0 Å². The fraction of sp³-hybridized carbons (Fsp3) is 0.154. The van der Waals surface area contributed by atoms with Gasteiger partial charge in [-0.2, -0.15) is 0 Å². The van der Waals surface area contributed by atoms with Gasteiger partial charge in [0.25, 0.3) is 0 Å². The fourth-order valence-electron chi connectivity index (χ4n) is 1.50. The third-order valence-electron chi connectivity index (χ3n) is 2.35. The molecule has 0 saturated carbocycles. The molecule has 0 atom stereocenters. The molecule has 19 heavy (non-hydrogen) atoms. The average Bonchev–Trinajstić information content (AvgIpc) is 2.40. The second-order valence-corrected chi connectivity index (χ2v) is 3.84. The van der Waals surface area contributed by atoms with E-state index in [1.165, 1.54) is 25.3 Å². The van der Waals surface area contributed by atoms with Gasteiger partial charge >= 0.3 is 5.97 Å². The molecule has 0 amide bonds. The number of aryl methyl sites for hydroxylation is 1. The number of esters is 1. The molecule has 6 heteroatoms. The molecule has 1 N–H and O–H groups in total. The van der Waals surface area contributed by atoms with Gasteiger partial charge in [0, 0.05) is 11.4 Å². The van der Waals surface area contributed by atoms with E-state index in [0.717, 1.165) is 0 Å². The molecular weight excluding hydrogens is 249 g/mol. The van der Waals surface area contributed by atoms with Crippen LogP contribution in [0.1, 0.15) is 16.2 Å². The van der Waals surface area contributed by atoms with Gasteiger partial charge in [-0.25, -0.2) is 19.2 Å². The highest BCUT2D eigenvalue weighted by Gasteiger charge is 2.10. The van der Waals surface area contributed by atoms with Crippen LogP contribution < -0.4 is 5.32 Å². The Bertz CT molecular complexity index is 599. The van der Waals surface area contributed by atoms with Crippen LogP contribution in [0.5, 0.6) is 0 Å². The maximum absolute atomic E-state index is 12.8. The largest absolute Gasteiger partial charge is 0.464 e. The van der Waals surface area contributed by atoms with E-state index in [9.17, 15) is 9.18 Å². The first-order valence-corrected chi connectivity index (χ1v) is 5.55. The molecule has 0 aliphatic heterocycles. The lowest BCUT2D eigenvalue weighted by molar-refractivity contribution is 0.0594. The lowest BCUT2D eigenvalue weighted by Gasteiger charge is -2.07. The number of anilines is 2. The highest BCUT2D eigenvalue weighted by molar-refractivity contribution is 5.87. The Morgan fingerprint density at radius 3 is 2.58 bits per heavy atom. The molecule has 98 valence electrons. The Kier molecular flexibility index (Phi) is 3.70.